The lowest BCUT2D eigenvalue weighted by Crippen LogP contribution is -1.92. The standard InChI is InChI=1S/C9H10BrF/c1-6-3-4-8(5-10)9(11)7(6)2/h3-4H,5H2,1-2H3. The molecule has 1 aromatic rings. The number of hydrogen-bond donors (Lipinski definition) is 0. The van der Waals surface area contributed by atoms with Gasteiger partial charge in [0.1, 0.15) is 5.82 Å². The zero-order chi connectivity index (χ0) is 8.43. The maximum absolute atomic E-state index is 13.2. The van der Waals surface area contributed by atoms with Crippen molar-refractivity contribution in [1.82, 2.24) is 0 Å². The quantitative estimate of drug-likeness (QED) is 0.633. The minimum Gasteiger partial charge on any atom is -0.206 e. The zero-order valence-electron chi connectivity index (χ0n) is 6.62. The molecule has 60 valence electrons. The molecule has 0 heterocycles. The Hall–Kier alpha value is -0.370. The van der Waals surface area contributed by atoms with Crippen molar-refractivity contribution in [2.75, 3.05) is 0 Å². The highest BCUT2D eigenvalue weighted by molar-refractivity contribution is 9.08. The molecule has 0 saturated carbocycles. The van der Waals surface area contributed by atoms with E-state index in [2.05, 4.69) is 15.9 Å². The fraction of sp³-hybridized carbons (Fsp3) is 0.333. The first-order chi connectivity index (χ1) is 5.16. The van der Waals surface area contributed by atoms with Gasteiger partial charge in [-0.15, -0.1) is 0 Å². The first-order valence-corrected chi connectivity index (χ1v) is 4.59. The van der Waals surface area contributed by atoms with Gasteiger partial charge in [-0.05, 0) is 30.5 Å². The summed E-state index contributed by atoms with van der Waals surface area (Å²) >= 11 is 3.23. The monoisotopic (exact) mass is 216 g/mol. The van der Waals surface area contributed by atoms with E-state index in [0.717, 1.165) is 16.7 Å². The smallest absolute Gasteiger partial charge is 0.130 e. The number of halogens is 2. The molecule has 1 rings (SSSR count). The van der Waals surface area contributed by atoms with Crippen LogP contribution in [-0.4, -0.2) is 0 Å². The molecule has 0 aliphatic heterocycles. The molecule has 0 unspecified atom stereocenters. The summed E-state index contributed by atoms with van der Waals surface area (Å²) in [6.07, 6.45) is 0. The summed E-state index contributed by atoms with van der Waals surface area (Å²) in [5, 5.41) is 0.583. The number of alkyl halides is 1. The summed E-state index contributed by atoms with van der Waals surface area (Å²) in [6, 6.07) is 3.75. The average molecular weight is 217 g/mol. The van der Waals surface area contributed by atoms with Crippen molar-refractivity contribution in [2.24, 2.45) is 0 Å². The summed E-state index contributed by atoms with van der Waals surface area (Å²) in [5.41, 5.74) is 2.49. The second-order valence-electron chi connectivity index (χ2n) is 2.61. The Morgan fingerprint density at radius 2 is 2.00 bits per heavy atom. The van der Waals surface area contributed by atoms with Crippen LogP contribution in [0.3, 0.4) is 0 Å². The molecule has 2 heteroatoms. The van der Waals surface area contributed by atoms with Crippen molar-refractivity contribution in [3.05, 3.63) is 34.6 Å². The van der Waals surface area contributed by atoms with Crippen molar-refractivity contribution in [1.29, 1.82) is 0 Å². The second kappa shape index (κ2) is 3.35. The van der Waals surface area contributed by atoms with E-state index < -0.39 is 0 Å². The third-order valence-electron chi connectivity index (χ3n) is 1.88. The molecule has 0 radical (unpaired) electrons. The third kappa shape index (κ3) is 1.62. The molecule has 0 fully saturated rings. The van der Waals surface area contributed by atoms with Gasteiger partial charge in [0.25, 0.3) is 0 Å². The summed E-state index contributed by atoms with van der Waals surface area (Å²) < 4.78 is 13.2. The fourth-order valence-electron chi connectivity index (χ4n) is 0.941. The van der Waals surface area contributed by atoms with Crippen molar-refractivity contribution in [2.45, 2.75) is 19.2 Å². The van der Waals surface area contributed by atoms with Crippen LogP contribution >= 0.6 is 15.9 Å². The lowest BCUT2D eigenvalue weighted by molar-refractivity contribution is 0.607. The molecular weight excluding hydrogens is 207 g/mol. The lowest BCUT2D eigenvalue weighted by Gasteiger charge is -2.04. The highest BCUT2D eigenvalue weighted by Gasteiger charge is 2.04. The first kappa shape index (κ1) is 8.72. The van der Waals surface area contributed by atoms with Crippen LogP contribution in [0.5, 0.6) is 0 Å². The van der Waals surface area contributed by atoms with Crippen molar-refractivity contribution >= 4 is 15.9 Å². The minimum atomic E-state index is -0.0816. The van der Waals surface area contributed by atoms with Crippen LogP contribution in [0.2, 0.25) is 0 Å². The van der Waals surface area contributed by atoms with E-state index >= 15 is 0 Å². The maximum Gasteiger partial charge on any atom is 0.130 e. The highest BCUT2D eigenvalue weighted by Crippen LogP contribution is 2.17. The van der Waals surface area contributed by atoms with E-state index in [9.17, 15) is 4.39 Å². The van der Waals surface area contributed by atoms with Gasteiger partial charge in [0.15, 0.2) is 0 Å². The van der Waals surface area contributed by atoms with Crippen LogP contribution in [0.4, 0.5) is 4.39 Å². The Bertz CT molecular complexity index is 269. The first-order valence-electron chi connectivity index (χ1n) is 3.47. The van der Waals surface area contributed by atoms with Gasteiger partial charge < -0.3 is 0 Å². The normalized spacial score (nSPS) is 10.2. The third-order valence-corrected chi connectivity index (χ3v) is 2.49. The molecule has 0 spiro atoms. The van der Waals surface area contributed by atoms with Crippen molar-refractivity contribution in [3.63, 3.8) is 0 Å². The van der Waals surface area contributed by atoms with E-state index in [4.69, 9.17) is 0 Å². The molecule has 0 saturated heterocycles. The molecule has 0 nitrogen and oxygen atoms in total. The summed E-state index contributed by atoms with van der Waals surface area (Å²) in [4.78, 5) is 0. The van der Waals surface area contributed by atoms with Gasteiger partial charge in [-0.25, -0.2) is 4.39 Å². The second-order valence-corrected chi connectivity index (χ2v) is 3.17. The van der Waals surface area contributed by atoms with Crippen LogP contribution < -0.4 is 0 Å². The predicted octanol–water partition coefficient (Wildman–Crippen LogP) is 3.34. The van der Waals surface area contributed by atoms with E-state index in [-0.39, 0.29) is 5.82 Å². The van der Waals surface area contributed by atoms with Crippen molar-refractivity contribution in [3.8, 4) is 0 Å². The van der Waals surface area contributed by atoms with E-state index in [0.29, 0.717) is 5.33 Å². The van der Waals surface area contributed by atoms with Gasteiger partial charge in [0, 0.05) is 5.33 Å². The molecule has 0 aromatic heterocycles. The van der Waals surface area contributed by atoms with E-state index in [1.807, 2.05) is 19.1 Å². The summed E-state index contributed by atoms with van der Waals surface area (Å²) in [6.45, 7) is 3.72. The largest absolute Gasteiger partial charge is 0.206 e. The van der Waals surface area contributed by atoms with Crippen LogP contribution in [0.25, 0.3) is 0 Å². The Kier molecular flexibility index (Phi) is 2.66. The van der Waals surface area contributed by atoms with E-state index in [1.165, 1.54) is 0 Å². The SMILES string of the molecule is Cc1ccc(CBr)c(F)c1C. The van der Waals surface area contributed by atoms with Gasteiger partial charge >= 0.3 is 0 Å². The molecular formula is C9H10BrF. The van der Waals surface area contributed by atoms with Crippen LogP contribution in [-0.2, 0) is 5.33 Å². The zero-order valence-corrected chi connectivity index (χ0v) is 8.20. The molecule has 0 bridgehead atoms. The average Bonchev–Trinajstić information content (AvgIpc) is 2.01. The van der Waals surface area contributed by atoms with Gasteiger partial charge in [-0.1, -0.05) is 28.1 Å². The number of hydrogen-bond acceptors (Lipinski definition) is 0. The molecule has 0 atom stereocenters. The predicted molar refractivity (Wildman–Crippen MR) is 48.5 cm³/mol. The minimum absolute atomic E-state index is 0.0816. The maximum atomic E-state index is 13.2. The topological polar surface area (TPSA) is 0 Å². The van der Waals surface area contributed by atoms with Gasteiger partial charge in [0.05, 0.1) is 0 Å². The summed E-state index contributed by atoms with van der Waals surface area (Å²) in [5.74, 6) is -0.0816. The summed E-state index contributed by atoms with van der Waals surface area (Å²) in [7, 11) is 0. The molecule has 0 aliphatic carbocycles. The Labute approximate surface area is 74.6 Å². The van der Waals surface area contributed by atoms with Gasteiger partial charge in [0.2, 0.25) is 0 Å². The highest BCUT2D eigenvalue weighted by atomic mass is 79.9. The lowest BCUT2D eigenvalue weighted by atomic mass is 10.1. The van der Waals surface area contributed by atoms with Gasteiger partial charge in [-0.3, -0.25) is 0 Å². The molecule has 0 aliphatic rings. The Morgan fingerprint density at radius 3 is 2.55 bits per heavy atom. The molecule has 11 heavy (non-hydrogen) atoms. The fourth-order valence-corrected chi connectivity index (χ4v) is 1.37. The number of rotatable bonds is 1. The van der Waals surface area contributed by atoms with E-state index in [1.54, 1.807) is 6.92 Å². The Morgan fingerprint density at radius 1 is 1.36 bits per heavy atom. The Balaban J connectivity index is 3.25. The number of benzene rings is 1. The molecule has 1 aromatic carbocycles. The van der Waals surface area contributed by atoms with Crippen LogP contribution in [0.1, 0.15) is 16.7 Å². The molecule has 0 N–H and O–H groups in total. The van der Waals surface area contributed by atoms with Gasteiger partial charge in [-0.2, -0.15) is 0 Å². The molecule has 0 amide bonds. The van der Waals surface area contributed by atoms with Crippen LogP contribution in [0, 0.1) is 19.7 Å². The van der Waals surface area contributed by atoms with Crippen molar-refractivity contribution < 1.29 is 4.39 Å². The van der Waals surface area contributed by atoms with Crippen LogP contribution in [0.15, 0.2) is 12.1 Å². The number of aryl methyl sites for hydroxylation is 1.